The fourth-order valence-electron chi connectivity index (χ4n) is 1.77. The third kappa shape index (κ3) is 3.73. The first kappa shape index (κ1) is 14.9. The first-order chi connectivity index (χ1) is 9.97. The lowest BCUT2D eigenvalue weighted by atomic mass is 10.0. The van der Waals surface area contributed by atoms with E-state index in [4.69, 9.17) is 16.9 Å². The Bertz CT molecular complexity index is 709. The first-order valence-electron chi connectivity index (χ1n) is 6.19. The van der Waals surface area contributed by atoms with Crippen LogP contribution in [0.3, 0.4) is 0 Å². The average Bonchev–Trinajstić information content (AvgIpc) is 2.95. The maximum Gasteiger partial charge on any atom is 0.268 e. The molecule has 1 aromatic carbocycles. The number of nitrogen functional groups attached to an aromatic ring is 1. The fraction of sp³-hybridized carbons (Fsp3) is 0.143. The van der Waals surface area contributed by atoms with E-state index in [1.807, 2.05) is 6.07 Å². The van der Waals surface area contributed by atoms with Crippen LogP contribution >= 0.6 is 11.3 Å². The van der Waals surface area contributed by atoms with Crippen LogP contribution in [-0.2, 0) is 6.42 Å². The number of carbonyl (C=O) groups excluding carboxylic acids is 2. The molecule has 0 aliphatic rings. The Morgan fingerprint density at radius 1 is 1.29 bits per heavy atom. The molecule has 2 aromatic rings. The molecule has 0 saturated heterocycles. The number of aryl methyl sites for hydroxylation is 1. The number of nitrogens with one attached hydrogen (secondary N) is 1. The quantitative estimate of drug-likeness (QED) is 0.423. The molecule has 0 spiro atoms. The smallest absolute Gasteiger partial charge is 0.268 e. The van der Waals surface area contributed by atoms with E-state index in [-0.39, 0.29) is 28.7 Å². The van der Waals surface area contributed by atoms with Gasteiger partial charge in [-0.05, 0) is 18.1 Å². The predicted octanol–water partition coefficient (Wildman–Crippen LogP) is 1.34. The Kier molecular flexibility index (Phi) is 4.44. The molecule has 0 radical (unpaired) electrons. The summed E-state index contributed by atoms with van der Waals surface area (Å²) in [6, 6.07) is 7.20. The molecule has 7 heteroatoms. The second-order valence-corrected chi connectivity index (χ2v) is 5.30. The van der Waals surface area contributed by atoms with Gasteiger partial charge in [-0.1, -0.05) is 18.2 Å². The summed E-state index contributed by atoms with van der Waals surface area (Å²) in [6.45, 7) is 0. The van der Waals surface area contributed by atoms with Gasteiger partial charge in [-0.2, -0.15) is 0 Å². The number of thiazole rings is 1. The molecule has 1 amide bonds. The van der Waals surface area contributed by atoms with Crippen LogP contribution in [-0.4, -0.2) is 22.5 Å². The van der Waals surface area contributed by atoms with Crippen molar-refractivity contribution >= 4 is 28.9 Å². The maximum absolute atomic E-state index is 12.0. The third-order valence-electron chi connectivity index (χ3n) is 2.87. The Hall–Kier alpha value is -2.54. The van der Waals surface area contributed by atoms with E-state index in [1.165, 1.54) is 5.38 Å². The van der Waals surface area contributed by atoms with Crippen molar-refractivity contribution in [3.8, 4) is 0 Å². The molecular formula is C14H14N4O2S. The van der Waals surface area contributed by atoms with E-state index >= 15 is 0 Å². The van der Waals surface area contributed by atoms with E-state index in [0.717, 1.165) is 16.9 Å². The zero-order chi connectivity index (χ0) is 15.4. The van der Waals surface area contributed by atoms with E-state index in [0.29, 0.717) is 12.0 Å². The van der Waals surface area contributed by atoms with Crippen LogP contribution in [0.25, 0.3) is 0 Å². The summed E-state index contributed by atoms with van der Waals surface area (Å²) in [5.41, 5.74) is 12.2. The fourth-order valence-corrected chi connectivity index (χ4v) is 2.55. The van der Waals surface area contributed by atoms with Gasteiger partial charge in [-0.15, -0.1) is 11.3 Å². The number of ketones is 1. The van der Waals surface area contributed by atoms with Gasteiger partial charge in [0.1, 0.15) is 11.5 Å². The number of carbonyl (C=O) groups is 2. The number of Topliss-reactive ketones (excluding diaryl/α,β-unsaturated/α-hetero) is 1. The number of amidine groups is 1. The van der Waals surface area contributed by atoms with Crippen molar-refractivity contribution in [2.75, 3.05) is 0 Å². The first-order valence-corrected chi connectivity index (χ1v) is 7.07. The van der Waals surface area contributed by atoms with Gasteiger partial charge in [0.15, 0.2) is 10.8 Å². The monoisotopic (exact) mass is 302 g/mol. The van der Waals surface area contributed by atoms with Crippen LogP contribution in [0.5, 0.6) is 0 Å². The van der Waals surface area contributed by atoms with Crippen LogP contribution < -0.4 is 11.5 Å². The molecule has 0 bridgehead atoms. The number of rotatable bonds is 6. The van der Waals surface area contributed by atoms with Gasteiger partial charge in [-0.25, -0.2) is 4.98 Å². The van der Waals surface area contributed by atoms with Crippen molar-refractivity contribution in [3.63, 3.8) is 0 Å². The van der Waals surface area contributed by atoms with Crippen LogP contribution in [0.1, 0.15) is 37.8 Å². The SMILES string of the molecule is N=C(N)c1cccc(CCC(=O)c2nc(C(N)=O)cs2)c1. The summed E-state index contributed by atoms with van der Waals surface area (Å²) in [5, 5.41) is 9.15. The van der Waals surface area contributed by atoms with E-state index < -0.39 is 5.91 Å². The predicted molar refractivity (Wildman–Crippen MR) is 80.7 cm³/mol. The van der Waals surface area contributed by atoms with Crippen molar-refractivity contribution in [2.45, 2.75) is 12.8 Å². The van der Waals surface area contributed by atoms with E-state index in [1.54, 1.807) is 18.2 Å². The minimum Gasteiger partial charge on any atom is -0.384 e. The summed E-state index contributed by atoms with van der Waals surface area (Å²) >= 11 is 1.11. The van der Waals surface area contributed by atoms with E-state index in [9.17, 15) is 9.59 Å². The normalized spacial score (nSPS) is 10.3. The van der Waals surface area contributed by atoms with Gasteiger partial charge in [0.05, 0.1) is 0 Å². The lowest BCUT2D eigenvalue weighted by molar-refractivity contribution is 0.0982. The number of nitrogens with two attached hydrogens (primary N) is 2. The zero-order valence-corrected chi connectivity index (χ0v) is 11.9. The van der Waals surface area contributed by atoms with Crippen LogP contribution in [0.4, 0.5) is 0 Å². The van der Waals surface area contributed by atoms with Crippen molar-refractivity contribution in [2.24, 2.45) is 11.5 Å². The standard InChI is InChI=1S/C14H14N4O2S/c15-12(16)9-3-1-2-8(6-9)4-5-11(19)14-18-10(7-21-14)13(17)20/h1-3,6-7H,4-5H2,(H3,15,16)(H2,17,20). The Morgan fingerprint density at radius 2 is 2.05 bits per heavy atom. The van der Waals surface area contributed by atoms with Crippen LogP contribution in [0.2, 0.25) is 0 Å². The highest BCUT2D eigenvalue weighted by atomic mass is 32.1. The molecule has 21 heavy (non-hydrogen) atoms. The van der Waals surface area contributed by atoms with E-state index in [2.05, 4.69) is 4.98 Å². The molecule has 0 unspecified atom stereocenters. The van der Waals surface area contributed by atoms with Gasteiger partial charge in [-0.3, -0.25) is 15.0 Å². The highest BCUT2D eigenvalue weighted by molar-refractivity contribution is 7.11. The summed E-state index contributed by atoms with van der Waals surface area (Å²) in [7, 11) is 0. The van der Waals surface area contributed by atoms with Crippen molar-refractivity contribution in [1.29, 1.82) is 5.41 Å². The maximum atomic E-state index is 12.0. The van der Waals surface area contributed by atoms with Gasteiger partial charge in [0.2, 0.25) is 0 Å². The second-order valence-electron chi connectivity index (χ2n) is 4.44. The lowest BCUT2D eigenvalue weighted by Crippen LogP contribution is -2.12. The largest absolute Gasteiger partial charge is 0.384 e. The van der Waals surface area contributed by atoms with Crippen molar-refractivity contribution < 1.29 is 9.59 Å². The van der Waals surface area contributed by atoms with Gasteiger partial charge in [0, 0.05) is 17.4 Å². The molecule has 1 aromatic heterocycles. The Morgan fingerprint density at radius 3 is 2.67 bits per heavy atom. The second kappa shape index (κ2) is 6.27. The summed E-state index contributed by atoms with van der Waals surface area (Å²) in [6.07, 6.45) is 0.790. The summed E-state index contributed by atoms with van der Waals surface area (Å²) < 4.78 is 0. The Balaban J connectivity index is 2.02. The minimum absolute atomic E-state index is 0.00537. The number of aromatic nitrogens is 1. The van der Waals surface area contributed by atoms with Crippen molar-refractivity contribution in [1.82, 2.24) is 4.98 Å². The van der Waals surface area contributed by atoms with Crippen LogP contribution in [0.15, 0.2) is 29.6 Å². The molecule has 108 valence electrons. The number of primary amides is 1. The van der Waals surface area contributed by atoms with Gasteiger partial charge < -0.3 is 11.5 Å². The topological polar surface area (TPSA) is 123 Å². The number of nitrogens with zero attached hydrogens (tertiary/aromatic N) is 1. The summed E-state index contributed by atoms with van der Waals surface area (Å²) in [5.74, 6) is -0.783. The number of hydrogen-bond acceptors (Lipinski definition) is 5. The molecule has 0 atom stereocenters. The van der Waals surface area contributed by atoms with Gasteiger partial charge >= 0.3 is 0 Å². The van der Waals surface area contributed by atoms with Crippen molar-refractivity contribution in [3.05, 3.63) is 51.5 Å². The highest BCUT2D eigenvalue weighted by Crippen LogP contribution is 2.14. The van der Waals surface area contributed by atoms with Gasteiger partial charge in [0.25, 0.3) is 5.91 Å². The molecule has 0 fully saturated rings. The Labute approximate surface area is 125 Å². The molecule has 1 heterocycles. The molecule has 0 aliphatic carbocycles. The summed E-state index contributed by atoms with van der Waals surface area (Å²) in [4.78, 5) is 26.9. The molecule has 2 rings (SSSR count). The number of amides is 1. The minimum atomic E-state index is -0.639. The molecule has 5 N–H and O–H groups in total. The average molecular weight is 302 g/mol. The number of hydrogen-bond donors (Lipinski definition) is 3. The number of benzene rings is 1. The third-order valence-corrected chi connectivity index (χ3v) is 3.76. The molecular weight excluding hydrogens is 288 g/mol. The molecule has 0 aliphatic heterocycles. The molecule has 0 saturated carbocycles. The zero-order valence-electron chi connectivity index (χ0n) is 11.1. The lowest BCUT2D eigenvalue weighted by Gasteiger charge is -2.03. The van der Waals surface area contributed by atoms with Crippen LogP contribution in [0, 0.1) is 5.41 Å². The molecule has 6 nitrogen and oxygen atoms in total. The highest BCUT2D eigenvalue weighted by Gasteiger charge is 2.13.